The number of ether oxygens (including phenoxy) is 1. The van der Waals surface area contributed by atoms with E-state index in [0.29, 0.717) is 34.1 Å². The third kappa shape index (κ3) is 9.63. The summed E-state index contributed by atoms with van der Waals surface area (Å²) in [6.07, 6.45) is 0.477. The lowest BCUT2D eigenvalue weighted by molar-refractivity contribution is 0.103. The molecule has 0 radical (unpaired) electrons. The molecule has 0 saturated carbocycles. The van der Waals surface area contributed by atoms with Gasteiger partial charge in [-0.05, 0) is 54.8 Å². The minimum Gasteiger partial charge on any atom is -0.453 e. The van der Waals surface area contributed by atoms with E-state index in [1.165, 1.54) is 23.8 Å². The third-order valence-electron chi connectivity index (χ3n) is 7.77. The number of hydrogen-bond donors (Lipinski definition) is 3. The van der Waals surface area contributed by atoms with Crippen molar-refractivity contribution in [2.45, 2.75) is 25.3 Å². The fourth-order valence-electron chi connectivity index (χ4n) is 5.31. The average molecular weight is 647 g/mol. The first-order valence-electron chi connectivity index (χ1n) is 15.3. The molecule has 0 aliphatic rings. The Labute approximate surface area is 281 Å². The molecule has 8 heteroatoms. The number of fused-ring (bicyclic) bond motifs is 1. The minimum absolute atomic E-state index is 0. The molecule has 1 aromatic heterocycles. The Morgan fingerprint density at radius 1 is 0.723 bits per heavy atom. The predicted octanol–water partition coefficient (Wildman–Crippen LogP) is 8.95. The van der Waals surface area contributed by atoms with Crippen LogP contribution in [0, 0.1) is 0 Å². The number of rotatable bonds is 10. The molecule has 0 bridgehead atoms. The van der Waals surface area contributed by atoms with Gasteiger partial charge in [0.05, 0.1) is 18.1 Å². The van der Waals surface area contributed by atoms with E-state index in [1.807, 2.05) is 18.2 Å². The molecule has 6 rings (SSSR count). The first-order valence-corrected chi connectivity index (χ1v) is 15.3. The minimum atomic E-state index is -0.611. The topological polar surface area (TPSA) is 96.1 Å². The summed E-state index contributed by atoms with van der Waals surface area (Å²) in [4.78, 5) is 30.7. The van der Waals surface area contributed by atoms with Gasteiger partial charge in [0.15, 0.2) is 5.78 Å². The quantitative estimate of drug-likeness (QED) is 0.129. The number of H-pyrrole nitrogens is 1. The van der Waals surface area contributed by atoms with Gasteiger partial charge in [0.25, 0.3) is 0 Å². The lowest BCUT2D eigenvalue weighted by atomic mass is 9.88. The summed E-state index contributed by atoms with van der Waals surface area (Å²) in [7, 11) is 1.27. The predicted molar refractivity (Wildman–Crippen MR) is 191 cm³/mol. The zero-order chi connectivity index (χ0) is 32.1. The van der Waals surface area contributed by atoms with Gasteiger partial charge >= 0.3 is 6.09 Å². The van der Waals surface area contributed by atoms with Crippen LogP contribution in [0.15, 0.2) is 140 Å². The molecular formula is C39H39ClN4O3. The summed E-state index contributed by atoms with van der Waals surface area (Å²) in [5.41, 5.74) is 6.59. The van der Waals surface area contributed by atoms with E-state index >= 15 is 0 Å². The molecule has 0 fully saturated rings. The highest BCUT2D eigenvalue weighted by Crippen LogP contribution is 2.28. The number of ketones is 1. The second kappa shape index (κ2) is 17.5. The van der Waals surface area contributed by atoms with Gasteiger partial charge in [-0.15, -0.1) is 12.4 Å². The number of anilines is 1. The highest BCUT2D eigenvalue weighted by molar-refractivity contribution is 6.10. The number of carbonyl (C=O) groups is 2. The number of aromatic nitrogens is 2. The summed E-state index contributed by atoms with van der Waals surface area (Å²) in [6, 6.07) is 46.8. The van der Waals surface area contributed by atoms with Crippen molar-refractivity contribution in [1.29, 1.82) is 0 Å². The van der Waals surface area contributed by atoms with Crippen LogP contribution in [-0.2, 0) is 4.74 Å². The fraction of sp³-hybridized carbons (Fsp3) is 0.154. The van der Waals surface area contributed by atoms with E-state index < -0.39 is 6.09 Å². The van der Waals surface area contributed by atoms with Crippen molar-refractivity contribution in [1.82, 2.24) is 15.3 Å². The maximum Gasteiger partial charge on any atom is 0.413 e. The normalized spacial score (nSPS) is 11.1. The second-order valence-corrected chi connectivity index (χ2v) is 10.9. The van der Waals surface area contributed by atoms with Crippen LogP contribution in [0.3, 0.4) is 0 Å². The van der Waals surface area contributed by atoms with Crippen molar-refractivity contribution >= 4 is 41.3 Å². The molecule has 0 spiro atoms. The zero-order valence-corrected chi connectivity index (χ0v) is 27.2. The van der Waals surface area contributed by atoms with Crippen molar-refractivity contribution in [2.75, 3.05) is 19.0 Å². The number of benzene rings is 5. The van der Waals surface area contributed by atoms with Crippen LogP contribution in [0.4, 0.5) is 10.7 Å². The fourth-order valence-corrected chi connectivity index (χ4v) is 5.31. The first-order chi connectivity index (χ1) is 22.5. The highest BCUT2D eigenvalue weighted by Gasteiger charge is 2.15. The molecule has 47 heavy (non-hydrogen) atoms. The van der Waals surface area contributed by atoms with Crippen LogP contribution < -0.4 is 10.6 Å². The molecule has 1 unspecified atom stereocenters. The molecule has 1 amide bonds. The highest BCUT2D eigenvalue weighted by atomic mass is 35.5. The maximum absolute atomic E-state index is 12.4. The Hall–Kier alpha value is -5.24. The number of methoxy groups -OCH3 is 1. The van der Waals surface area contributed by atoms with Gasteiger partial charge < -0.3 is 15.0 Å². The molecular weight excluding hydrogens is 608 g/mol. The smallest absolute Gasteiger partial charge is 0.413 e. The third-order valence-corrected chi connectivity index (χ3v) is 7.77. The van der Waals surface area contributed by atoms with Crippen LogP contribution in [0.5, 0.6) is 0 Å². The summed E-state index contributed by atoms with van der Waals surface area (Å²) in [6.45, 7) is 3.22. The van der Waals surface area contributed by atoms with E-state index in [0.717, 1.165) is 13.0 Å². The number of imidazole rings is 1. The molecule has 1 atom stereocenters. The van der Waals surface area contributed by atoms with Gasteiger partial charge in [-0.3, -0.25) is 10.1 Å². The summed E-state index contributed by atoms with van der Waals surface area (Å²) in [5.74, 6) is 0.633. The van der Waals surface area contributed by atoms with E-state index in [4.69, 9.17) is 0 Å². The Morgan fingerprint density at radius 2 is 1.26 bits per heavy atom. The first kappa shape index (κ1) is 34.6. The van der Waals surface area contributed by atoms with Gasteiger partial charge in [0, 0.05) is 23.1 Å². The molecule has 0 aliphatic carbocycles. The Morgan fingerprint density at radius 3 is 1.81 bits per heavy atom. The van der Waals surface area contributed by atoms with Crippen LogP contribution in [-0.4, -0.2) is 35.5 Å². The number of aromatic amines is 1. The number of nitrogens with one attached hydrogen (secondary N) is 3. The van der Waals surface area contributed by atoms with Crippen molar-refractivity contribution < 1.29 is 14.3 Å². The van der Waals surface area contributed by atoms with Crippen LogP contribution in [0.1, 0.15) is 57.9 Å². The van der Waals surface area contributed by atoms with Gasteiger partial charge in [0.1, 0.15) is 0 Å². The maximum atomic E-state index is 12.4. The van der Waals surface area contributed by atoms with Gasteiger partial charge in [0.2, 0.25) is 5.95 Å². The molecule has 240 valence electrons. The van der Waals surface area contributed by atoms with Gasteiger partial charge in [-0.2, -0.15) is 0 Å². The Bertz CT molecular complexity index is 1790. The standard InChI is InChI=1S/C23H25N.C16H13N3O3.ClH/c1-19(20-11-5-2-6-12-20)24-18-17-23(21-13-7-3-8-14-21)22-15-9-4-10-16-22;1-22-16(21)19-15-17-12-8-7-11(9-13(12)18-15)14(20)10-5-3-2-4-6-10;/h2-16,19,23-24H,17-18H2,1H3;2-9H,1H3,(H2,17,18,19,21);1H. The Balaban J connectivity index is 0.000000209. The van der Waals surface area contributed by atoms with Gasteiger partial charge in [-0.1, -0.05) is 121 Å². The summed E-state index contributed by atoms with van der Waals surface area (Å²) in [5, 5.41) is 6.12. The SMILES string of the molecule is CC(NCCC(c1ccccc1)c1ccccc1)c1ccccc1.COC(=O)Nc1nc2ccc(C(=O)c3ccccc3)cc2[nH]1.Cl. The zero-order valence-electron chi connectivity index (χ0n) is 26.4. The number of hydrogen-bond acceptors (Lipinski definition) is 5. The van der Waals surface area contributed by atoms with Crippen LogP contribution in [0.25, 0.3) is 11.0 Å². The monoisotopic (exact) mass is 646 g/mol. The van der Waals surface area contributed by atoms with Crippen molar-refractivity contribution in [3.8, 4) is 0 Å². The van der Waals surface area contributed by atoms with Crippen molar-refractivity contribution in [3.63, 3.8) is 0 Å². The number of nitrogens with zero attached hydrogens (tertiary/aromatic N) is 1. The van der Waals surface area contributed by atoms with E-state index in [2.05, 4.69) is 123 Å². The number of carbonyl (C=O) groups excluding carboxylic acids is 2. The molecule has 1 heterocycles. The molecule has 5 aromatic carbocycles. The average Bonchev–Trinajstić information content (AvgIpc) is 3.53. The van der Waals surface area contributed by atoms with Crippen LogP contribution in [0.2, 0.25) is 0 Å². The largest absolute Gasteiger partial charge is 0.453 e. The van der Waals surface area contributed by atoms with Gasteiger partial charge in [-0.25, -0.2) is 9.78 Å². The van der Waals surface area contributed by atoms with Crippen LogP contribution >= 0.6 is 12.4 Å². The van der Waals surface area contributed by atoms with E-state index in [9.17, 15) is 9.59 Å². The molecule has 3 N–H and O–H groups in total. The molecule has 7 nitrogen and oxygen atoms in total. The second-order valence-electron chi connectivity index (χ2n) is 10.9. The lowest BCUT2D eigenvalue weighted by Crippen LogP contribution is -2.21. The molecule has 0 aliphatic heterocycles. The van der Waals surface area contributed by atoms with Crippen molar-refractivity contribution in [3.05, 3.63) is 167 Å². The Kier molecular flexibility index (Phi) is 12.9. The molecule has 0 saturated heterocycles. The number of amides is 1. The summed E-state index contributed by atoms with van der Waals surface area (Å²) < 4.78 is 4.51. The van der Waals surface area contributed by atoms with E-state index in [1.54, 1.807) is 30.3 Å². The summed E-state index contributed by atoms with van der Waals surface area (Å²) >= 11 is 0. The molecule has 6 aromatic rings. The van der Waals surface area contributed by atoms with Crippen molar-refractivity contribution in [2.24, 2.45) is 0 Å². The van der Waals surface area contributed by atoms with E-state index in [-0.39, 0.29) is 24.1 Å². The lowest BCUT2D eigenvalue weighted by Gasteiger charge is -2.20. The number of halogens is 1.